The standard InChI is InChI=1S/C19H19N5O2/c1-22-5-3-12(9-22)18(25)23-10-14-6-13(23)11-24(14)19(26)16-7-20-8-17-15(16)2-4-21-17/h2-5,7-9,13-14,21H,6,10-11H2,1H3/t13-,14-/m0/s1. The van der Waals surface area contributed by atoms with Crippen molar-refractivity contribution >= 4 is 22.7 Å². The van der Waals surface area contributed by atoms with E-state index in [1.54, 1.807) is 12.4 Å². The van der Waals surface area contributed by atoms with Crippen LogP contribution in [0.4, 0.5) is 0 Å². The number of hydrogen-bond acceptors (Lipinski definition) is 3. The van der Waals surface area contributed by atoms with Crippen LogP contribution < -0.4 is 0 Å². The summed E-state index contributed by atoms with van der Waals surface area (Å²) in [5.74, 6) is 0.0570. The van der Waals surface area contributed by atoms with Crippen molar-refractivity contribution < 1.29 is 9.59 Å². The van der Waals surface area contributed by atoms with E-state index in [1.165, 1.54) is 0 Å². The smallest absolute Gasteiger partial charge is 0.256 e. The van der Waals surface area contributed by atoms with Crippen molar-refractivity contribution in [3.8, 4) is 0 Å². The number of carbonyl (C=O) groups is 2. The summed E-state index contributed by atoms with van der Waals surface area (Å²) < 4.78 is 1.88. The maximum absolute atomic E-state index is 13.1. The molecule has 0 aromatic carbocycles. The third kappa shape index (κ3) is 2.16. The van der Waals surface area contributed by atoms with Crippen LogP contribution in [0.1, 0.15) is 27.1 Å². The van der Waals surface area contributed by atoms with E-state index in [0.717, 1.165) is 17.3 Å². The molecule has 2 fully saturated rings. The average Bonchev–Trinajstić information content (AvgIpc) is 3.42. The second kappa shape index (κ2) is 5.45. The fourth-order valence-electron chi connectivity index (χ4n) is 4.27. The Morgan fingerprint density at radius 1 is 1.12 bits per heavy atom. The van der Waals surface area contributed by atoms with Gasteiger partial charge in [-0.15, -0.1) is 0 Å². The van der Waals surface area contributed by atoms with Gasteiger partial charge in [-0.05, 0) is 18.6 Å². The molecule has 0 unspecified atom stereocenters. The Hall–Kier alpha value is -3.09. The SMILES string of the molecule is Cn1ccc(C(=O)N2C[C@@H]3C[C@H]2CN3C(=O)c2cncc3[nH]ccc23)c1. The summed E-state index contributed by atoms with van der Waals surface area (Å²) in [5.41, 5.74) is 2.19. The average molecular weight is 349 g/mol. The van der Waals surface area contributed by atoms with E-state index in [2.05, 4.69) is 9.97 Å². The topological polar surface area (TPSA) is 74.2 Å². The first-order valence-electron chi connectivity index (χ1n) is 8.77. The van der Waals surface area contributed by atoms with Gasteiger partial charge in [-0.2, -0.15) is 0 Å². The van der Waals surface area contributed by atoms with Crippen molar-refractivity contribution in [3.05, 3.63) is 54.2 Å². The van der Waals surface area contributed by atoms with Crippen LogP contribution in [-0.4, -0.2) is 61.3 Å². The second-order valence-corrected chi connectivity index (χ2v) is 7.15. The number of likely N-dealkylation sites (tertiary alicyclic amines) is 2. The number of piperazine rings is 1. The lowest BCUT2D eigenvalue weighted by molar-refractivity contribution is 0.0527. The molecule has 2 aliphatic rings. The van der Waals surface area contributed by atoms with Crippen molar-refractivity contribution in [2.45, 2.75) is 18.5 Å². The Bertz CT molecular complexity index is 1020. The summed E-state index contributed by atoms with van der Waals surface area (Å²) in [7, 11) is 1.91. The van der Waals surface area contributed by atoms with Crippen LogP contribution in [-0.2, 0) is 7.05 Å². The van der Waals surface area contributed by atoms with Gasteiger partial charge in [-0.3, -0.25) is 14.6 Å². The molecule has 1 N–H and O–H groups in total. The Morgan fingerprint density at radius 2 is 1.88 bits per heavy atom. The number of H-pyrrole nitrogens is 1. The van der Waals surface area contributed by atoms with E-state index in [9.17, 15) is 9.59 Å². The van der Waals surface area contributed by atoms with Gasteiger partial charge in [0.1, 0.15) is 0 Å². The quantitative estimate of drug-likeness (QED) is 0.764. The minimum atomic E-state index is 0.00186. The predicted octanol–water partition coefficient (Wildman–Crippen LogP) is 1.64. The summed E-state index contributed by atoms with van der Waals surface area (Å²) >= 11 is 0. The van der Waals surface area contributed by atoms with Gasteiger partial charge in [-0.25, -0.2) is 0 Å². The number of aromatic nitrogens is 3. The first-order valence-corrected chi connectivity index (χ1v) is 8.77. The number of fused-ring (bicyclic) bond motifs is 3. The van der Waals surface area contributed by atoms with Crippen LogP contribution in [0, 0.1) is 0 Å². The Balaban J connectivity index is 1.36. The summed E-state index contributed by atoms with van der Waals surface area (Å²) in [4.78, 5) is 36.9. The minimum Gasteiger partial charge on any atom is -0.360 e. The van der Waals surface area contributed by atoms with E-state index in [0.29, 0.717) is 24.2 Å². The number of amides is 2. The van der Waals surface area contributed by atoms with E-state index in [1.807, 2.05) is 52.1 Å². The molecule has 0 saturated carbocycles. The van der Waals surface area contributed by atoms with Crippen molar-refractivity contribution in [1.29, 1.82) is 0 Å². The number of hydrogen-bond donors (Lipinski definition) is 1. The molecule has 5 heterocycles. The van der Waals surface area contributed by atoms with E-state index >= 15 is 0 Å². The molecule has 2 bridgehead atoms. The Labute approximate surface area is 150 Å². The molecule has 0 spiro atoms. The molecule has 7 nitrogen and oxygen atoms in total. The number of nitrogens with zero attached hydrogens (tertiary/aromatic N) is 4. The molecule has 3 aromatic heterocycles. The van der Waals surface area contributed by atoms with Gasteiger partial charge in [0.15, 0.2) is 0 Å². The first-order chi connectivity index (χ1) is 12.6. The van der Waals surface area contributed by atoms with Gasteiger partial charge in [0, 0.05) is 50.3 Å². The Morgan fingerprint density at radius 3 is 2.58 bits per heavy atom. The molecular weight excluding hydrogens is 330 g/mol. The zero-order valence-electron chi connectivity index (χ0n) is 14.4. The highest BCUT2D eigenvalue weighted by Gasteiger charge is 2.47. The molecule has 2 saturated heterocycles. The van der Waals surface area contributed by atoms with Crippen LogP contribution in [0.15, 0.2) is 43.1 Å². The number of rotatable bonds is 2. The fourth-order valence-corrected chi connectivity index (χ4v) is 4.27. The number of nitrogens with one attached hydrogen (secondary N) is 1. The predicted molar refractivity (Wildman–Crippen MR) is 95.8 cm³/mol. The molecule has 2 aliphatic heterocycles. The third-order valence-electron chi connectivity index (χ3n) is 5.55. The highest BCUT2D eigenvalue weighted by Crippen LogP contribution is 2.33. The Kier molecular flexibility index (Phi) is 3.19. The molecule has 5 rings (SSSR count). The lowest BCUT2D eigenvalue weighted by atomic mass is 10.1. The lowest BCUT2D eigenvalue weighted by Gasteiger charge is -2.34. The monoisotopic (exact) mass is 349 g/mol. The summed E-state index contributed by atoms with van der Waals surface area (Å²) in [6.45, 7) is 1.18. The number of aromatic amines is 1. The molecule has 7 heteroatoms. The molecule has 132 valence electrons. The largest absolute Gasteiger partial charge is 0.360 e. The molecule has 3 aromatic rings. The molecular formula is C19H19N5O2. The zero-order valence-corrected chi connectivity index (χ0v) is 14.4. The van der Waals surface area contributed by atoms with Crippen molar-refractivity contribution in [1.82, 2.24) is 24.3 Å². The van der Waals surface area contributed by atoms with Crippen molar-refractivity contribution in [3.63, 3.8) is 0 Å². The van der Waals surface area contributed by atoms with E-state index in [-0.39, 0.29) is 23.9 Å². The maximum Gasteiger partial charge on any atom is 0.256 e. The van der Waals surface area contributed by atoms with Crippen LogP contribution in [0.3, 0.4) is 0 Å². The van der Waals surface area contributed by atoms with Crippen LogP contribution in [0.2, 0.25) is 0 Å². The van der Waals surface area contributed by atoms with Gasteiger partial charge < -0.3 is 19.4 Å². The van der Waals surface area contributed by atoms with E-state index < -0.39 is 0 Å². The summed E-state index contributed by atoms with van der Waals surface area (Å²) in [6.07, 6.45) is 9.75. The van der Waals surface area contributed by atoms with Crippen LogP contribution in [0.25, 0.3) is 10.9 Å². The summed E-state index contributed by atoms with van der Waals surface area (Å²) in [6, 6.07) is 3.92. The number of pyridine rings is 1. The van der Waals surface area contributed by atoms with Gasteiger partial charge >= 0.3 is 0 Å². The van der Waals surface area contributed by atoms with Crippen molar-refractivity contribution in [2.24, 2.45) is 7.05 Å². The molecule has 0 radical (unpaired) electrons. The second-order valence-electron chi connectivity index (χ2n) is 7.15. The van der Waals surface area contributed by atoms with Crippen LogP contribution in [0.5, 0.6) is 0 Å². The highest BCUT2D eigenvalue weighted by molar-refractivity contribution is 6.06. The van der Waals surface area contributed by atoms with Crippen molar-refractivity contribution in [2.75, 3.05) is 13.1 Å². The number of carbonyl (C=O) groups excluding carboxylic acids is 2. The molecule has 26 heavy (non-hydrogen) atoms. The lowest BCUT2D eigenvalue weighted by Crippen LogP contribution is -2.50. The first kappa shape index (κ1) is 15.2. The summed E-state index contributed by atoms with van der Waals surface area (Å²) in [5, 5.41) is 0.894. The minimum absolute atomic E-state index is 0.00186. The fraction of sp³-hybridized carbons (Fsp3) is 0.316. The van der Waals surface area contributed by atoms with Crippen LogP contribution >= 0.6 is 0 Å². The number of aryl methyl sites for hydroxylation is 1. The highest BCUT2D eigenvalue weighted by atomic mass is 16.2. The van der Waals surface area contributed by atoms with Gasteiger partial charge in [-0.1, -0.05) is 0 Å². The van der Waals surface area contributed by atoms with Gasteiger partial charge in [0.05, 0.1) is 34.9 Å². The molecule has 2 atom stereocenters. The normalized spacial score (nSPS) is 21.7. The molecule has 0 aliphatic carbocycles. The molecule has 2 amide bonds. The van der Waals surface area contributed by atoms with E-state index in [4.69, 9.17) is 0 Å². The van der Waals surface area contributed by atoms with Gasteiger partial charge in [0.25, 0.3) is 11.8 Å². The zero-order chi connectivity index (χ0) is 17.8. The third-order valence-corrected chi connectivity index (χ3v) is 5.55. The van der Waals surface area contributed by atoms with Gasteiger partial charge in [0.2, 0.25) is 0 Å². The maximum atomic E-state index is 13.1.